The van der Waals surface area contributed by atoms with Gasteiger partial charge in [0.05, 0.1) is 6.61 Å². The molecule has 2 aromatic rings. The van der Waals surface area contributed by atoms with Gasteiger partial charge in [-0.05, 0) is 24.1 Å². The average molecular weight is 224 g/mol. The van der Waals surface area contributed by atoms with Crippen LogP contribution in [0.2, 0.25) is 0 Å². The van der Waals surface area contributed by atoms with Gasteiger partial charge in [-0.1, -0.05) is 55.1 Å². The summed E-state index contributed by atoms with van der Waals surface area (Å²) in [6.07, 6.45) is 1.85. The maximum absolute atomic E-state index is 5.63. The first-order valence-corrected chi connectivity index (χ1v) is 5.80. The van der Waals surface area contributed by atoms with Crippen LogP contribution in [0.5, 0.6) is 5.75 Å². The van der Waals surface area contributed by atoms with Crippen molar-refractivity contribution >= 4 is 6.08 Å². The van der Waals surface area contributed by atoms with Crippen LogP contribution in [-0.2, 0) is 0 Å². The van der Waals surface area contributed by atoms with Crippen LogP contribution in [0.1, 0.15) is 12.5 Å². The predicted octanol–water partition coefficient (Wildman–Crippen LogP) is 4.40. The van der Waals surface area contributed by atoms with Crippen molar-refractivity contribution in [3.8, 4) is 16.9 Å². The van der Waals surface area contributed by atoms with E-state index in [1.165, 1.54) is 5.56 Å². The van der Waals surface area contributed by atoms with Crippen LogP contribution < -0.4 is 4.74 Å². The van der Waals surface area contributed by atoms with Gasteiger partial charge >= 0.3 is 0 Å². The van der Waals surface area contributed by atoms with Gasteiger partial charge in [0.25, 0.3) is 0 Å². The van der Waals surface area contributed by atoms with Crippen molar-refractivity contribution in [3.05, 3.63) is 60.7 Å². The van der Waals surface area contributed by atoms with E-state index in [9.17, 15) is 0 Å². The van der Waals surface area contributed by atoms with Gasteiger partial charge in [-0.2, -0.15) is 0 Å². The van der Waals surface area contributed by atoms with Crippen molar-refractivity contribution < 1.29 is 4.74 Å². The molecule has 17 heavy (non-hydrogen) atoms. The Labute approximate surface area is 102 Å². The lowest BCUT2D eigenvalue weighted by Crippen LogP contribution is -1.93. The maximum Gasteiger partial charge on any atom is 0.127 e. The zero-order valence-corrected chi connectivity index (χ0v) is 10.0. The van der Waals surface area contributed by atoms with E-state index in [0.29, 0.717) is 6.61 Å². The minimum absolute atomic E-state index is 0.682. The fourth-order valence-corrected chi connectivity index (χ4v) is 1.79. The lowest BCUT2D eigenvalue weighted by atomic mass is 10.0. The molecule has 1 nitrogen and oxygen atoms in total. The number of para-hydroxylation sites is 1. The molecule has 0 aliphatic carbocycles. The Bertz CT molecular complexity index is 497. The molecule has 0 saturated heterocycles. The van der Waals surface area contributed by atoms with E-state index < -0.39 is 0 Å². The van der Waals surface area contributed by atoms with E-state index in [2.05, 4.69) is 36.9 Å². The third kappa shape index (κ3) is 2.56. The fourth-order valence-electron chi connectivity index (χ4n) is 1.79. The van der Waals surface area contributed by atoms with Gasteiger partial charge in [-0.25, -0.2) is 0 Å². The molecule has 0 fully saturated rings. The summed E-state index contributed by atoms with van der Waals surface area (Å²) < 4.78 is 5.63. The molecule has 0 aromatic heterocycles. The van der Waals surface area contributed by atoms with Crippen LogP contribution in [-0.4, -0.2) is 6.61 Å². The lowest BCUT2D eigenvalue weighted by Gasteiger charge is -2.10. The highest BCUT2D eigenvalue weighted by molar-refractivity contribution is 5.71. The van der Waals surface area contributed by atoms with Crippen molar-refractivity contribution in [2.45, 2.75) is 6.92 Å². The van der Waals surface area contributed by atoms with E-state index in [1.807, 2.05) is 31.2 Å². The Kier molecular flexibility index (Phi) is 3.61. The summed E-state index contributed by atoms with van der Waals surface area (Å²) in [5.41, 5.74) is 3.42. The number of hydrogen-bond donors (Lipinski definition) is 0. The molecule has 0 aliphatic rings. The first kappa shape index (κ1) is 11.5. The Morgan fingerprint density at radius 1 is 1.06 bits per heavy atom. The molecule has 2 rings (SSSR count). The van der Waals surface area contributed by atoms with Gasteiger partial charge in [0.15, 0.2) is 0 Å². The molecule has 2 aromatic carbocycles. The predicted molar refractivity (Wildman–Crippen MR) is 73.1 cm³/mol. The molecule has 0 amide bonds. The van der Waals surface area contributed by atoms with Crippen molar-refractivity contribution in [1.29, 1.82) is 0 Å². The Morgan fingerprint density at radius 2 is 1.76 bits per heavy atom. The summed E-state index contributed by atoms with van der Waals surface area (Å²) >= 11 is 0. The summed E-state index contributed by atoms with van der Waals surface area (Å²) in [6, 6.07) is 16.4. The van der Waals surface area contributed by atoms with Crippen LogP contribution in [0.3, 0.4) is 0 Å². The van der Waals surface area contributed by atoms with Crippen LogP contribution in [0.15, 0.2) is 55.1 Å². The number of rotatable bonds is 4. The molecular weight excluding hydrogens is 208 g/mol. The average Bonchev–Trinajstić information content (AvgIpc) is 2.40. The molecule has 0 atom stereocenters. The summed E-state index contributed by atoms with van der Waals surface area (Å²) in [7, 11) is 0. The van der Waals surface area contributed by atoms with Gasteiger partial charge in [0.1, 0.15) is 5.75 Å². The number of hydrogen-bond acceptors (Lipinski definition) is 1. The summed E-state index contributed by atoms with van der Waals surface area (Å²) in [5.74, 6) is 0.932. The summed E-state index contributed by atoms with van der Waals surface area (Å²) in [6.45, 7) is 6.44. The lowest BCUT2D eigenvalue weighted by molar-refractivity contribution is 0.341. The molecule has 0 spiro atoms. The van der Waals surface area contributed by atoms with Gasteiger partial charge in [-0.3, -0.25) is 0 Å². The number of ether oxygens (including phenoxy) is 1. The van der Waals surface area contributed by atoms with E-state index in [1.54, 1.807) is 0 Å². The standard InChI is InChI=1S/C16H16O/c1-3-13-9-11-14(12-10-13)15-7-5-6-8-16(15)17-4-2/h3,5-12H,1,4H2,2H3. The molecule has 0 saturated carbocycles. The van der Waals surface area contributed by atoms with E-state index in [-0.39, 0.29) is 0 Å². The van der Waals surface area contributed by atoms with Crippen LogP contribution in [0, 0.1) is 0 Å². The monoisotopic (exact) mass is 224 g/mol. The Morgan fingerprint density at radius 3 is 2.41 bits per heavy atom. The molecule has 0 aliphatic heterocycles. The Hall–Kier alpha value is -2.02. The van der Waals surface area contributed by atoms with Crippen LogP contribution >= 0.6 is 0 Å². The van der Waals surface area contributed by atoms with Gasteiger partial charge in [0, 0.05) is 5.56 Å². The van der Waals surface area contributed by atoms with Gasteiger partial charge < -0.3 is 4.74 Å². The topological polar surface area (TPSA) is 9.23 Å². The maximum atomic E-state index is 5.63. The largest absolute Gasteiger partial charge is 0.493 e. The highest BCUT2D eigenvalue weighted by Gasteiger charge is 2.04. The molecule has 1 heteroatoms. The summed E-state index contributed by atoms with van der Waals surface area (Å²) in [4.78, 5) is 0. The number of benzene rings is 2. The molecule has 0 heterocycles. The third-order valence-corrected chi connectivity index (χ3v) is 2.64. The first-order valence-electron chi connectivity index (χ1n) is 5.80. The Balaban J connectivity index is 2.40. The van der Waals surface area contributed by atoms with Crippen molar-refractivity contribution in [2.24, 2.45) is 0 Å². The van der Waals surface area contributed by atoms with Crippen LogP contribution in [0.4, 0.5) is 0 Å². The third-order valence-electron chi connectivity index (χ3n) is 2.64. The minimum atomic E-state index is 0.682. The van der Waals surface area contributed by atoms with Crippen molar-refractivity contribution in [3.63, 3.8) is 0 Å². The minimum Gasteiger partial charge on any atom is -0.493 e. The van der Waals surface area contributed by atoms with E-state index in [0.717, 1.165) is 16.9 Å². The quantitative estimate of drug-likeness (QED) is 0.748. The molecule has 0 bridgehead atoms. The highest BCUT2D eigenvalue weighted by atomic mass is 16.5. The smallest absolute Gasteiger partial charge is 0.127 e. The normalized spacial score (nSPS) is 9.94. The second kappa shape index (κ2) is 5.35. The van der Waals surface area contributed by atoms with Gasteiger partial charge in [0.2, 0.25) is 0 Å². The van der Waals surface area contributed by atoms with Crippen molar-refractivity contribution in [2.75, 3.05) is 6.61 Å². The van der Waals surface area contributed by atoms with Gasteiger partial charge in [-0.15, -0.1) is 0 Å². The van der Waals surface area contributed by atoms with E-state index >= 15 is 0 Å². The molecule has 0 N–H and O–H groups in total. The highest BCUT2D eigenvalue weighted by Crippen LogP contribution is 2.29. The second-order valence-electron chi connectivity index (χ2n) is 3.76. The van der Waals surface area contributed by atoms with E-state index in [4.69, 9.17) is 4.74 Å². The molecule has 86 valence electrons. The first-order chi connectivity index (χ1) is 8.35. The van der Waals surface area contributed by atoms with Crippen LogP contribution in [0.25, 0.3) is 17.2 Å². The zero-order chi connectivity index (χ0) is 12.1. The second-order valence-corrected chi connectivity index (χ2v) is 3.76. The fraction of sp³-hybridized carbons (Fsp3) is 0.125. The SMILES string of the molecule is C=Cc1ccc(-c2ccccc2OCC)cc1. The zero-order valence-electron chi connectivity index (χ0n) is 10.0. The molecule has 0 radical (unpaired) electrons. The molecular formula is C16H16O. The molecule has 0 unspecified atom stereocenters. The van der Waals surface area contributed by atoms with Crippen molar-refractivity contribution in [1.82, 2.24) is 0 Å². The summed E-state index contributed by atoms with van der Waals surface area (Å²) in [5, 5.41) is 0.